The highest BCUT2D eigenvalue weighted by Crippen LogP contribution is 2.51. The van der Waals surface area contributed by atoms with Gasteiger partial charge in [0.05, 0.1) is 5.41 Å². The summed E-state index contributed by atoms with van der Waals surface area (Å²) in [6, 6.07) is 6.10. The van der Waals surface area contributed by atoms with Gasteiger partial charge in [0.2, 0.25) is 5.91 Å². The number of hydrogen-bond donors (Lipinski definition) is 2. The summed E-state index contributed by atoms with van der Waals surface area (Å²) in [5, 5.41) is 12.3. The Balaban J connectivity index is 1.44. The molecule has 1 atom stereocenters. The lowest BCUT2D eigenvalue weighted by atomic mass is 9.76. The number of piperidine rings is 1. The Morgan fingerprint density at radius 3 is 2.40 bits per heavy atom. The molecule has 1 saturated carbocycles. The number of halogens is 1. The van der Waals surface area contributed by atoms with E-state index in [-0.39, 0.29) is 17.1 Å². The third-order valence-corrected chi connectivity index (χ3v) is 6.32. The van der Waals surface area contributed by atoms with Crippen molar-refractivity contribution >= 4 is 11.9 Å². The summed E-state index contributed by atoms with van der Waals surface area (Å²) in [6.45, 7) is 1.95. The number of amides is 1. The van der Waals surface area contributed by atoms with Crippen molar-refractivity contribution in [3.63, 3.8) is 0 Å². The Morgan fingerprint density at radius 2 is 1.84 bits per heavy atom. The van der Waals surface area contributed by atoms with Crippen LogP contribution in [-0.2, 0) is 15.0 Å². The van der Waals surface area contributed by atoms with Crippen LogP contribution in [0.5, 0.6) is 0 Å². The van der Waals surface area contributed by atoms with Gasteiger partial charge in [-0.2, -0.15) is 0 Å². The molecule has 1 aromatic carbocycles. The second kappa shape index (κ2) is 5.80. The van der Waals surface area contributed by atoms with Gasteiger partial charge in [0.15, 0.2) is 0 Å². The zero-order valence-electron chi connectivity index (χ0n) is 14.1. The number of carboxylic acids is 1. The van der Waals surface area contributed by atoms with Crippen LogP contribution in [0.3, 0.4) is 0 Å². The number of hydrogen-bond acceptors (Lipinski definition) is 3. The molecule has 1 aromatic rings. The minimum absolute atomic E-state index is 0.0193. The maximum Gasteiger partial charge on any atom is 0.320 e. The first-order chi connectivity index (χ1) is 12.0. The summed E-state index contributed by atoms with van der Waals surface area (Å²) in [7, 11) is 0. The molecule has 2 saturated heterocycles. The lowest BCUT2D eigenvalue weighted by Crippen LogP contribution is -2.47. The van der Waals surface area contributed by atoms with E-state index >= 15 is 0 Å². The third kappa shape index (κ3) is 2.72. The normalized spacial score (nSPS) is 26.6. The van der Waals surface area contributed by atoms with Gasteiger partial charge in [-0.05, 0) is 43.6 Å². The summed E-state index contributed by atoms with van der Waals surface area (Å²) >= 11 is 0. The maximum atomic E-state index is 14.2. The lowest BCUT2D eigenvalue weighted by molar-refractivity contribution is -0.140. The second-order valence-corrected chi connectivity index (χ2v) is 7.83. The topological polar surface area (TPSA) is 69.6 Å². The minimum atomic E-state index is -0.799. The fourth-order valence-electron chi connectivity index (χ4n) is 4.53. The van der Waals surface area contributed by atoms with Crippen molar-refractivity contribution in [3.8, 4) is 0 Å². The van der Waals surface area contributed by atoms with Crippen LogP contribution >= 0.6 is 0 Å². The SMILES string of the molecule is O=C(O)[C@H]1CC2(CCN(C(=O)C3(c4ccccc4F)CC3)CC2)CN1. The summed E-state index contributed by atoms with van der Waals surface area (Å²) in [4.78, 5) is 26.1. The molecule has 5 nitrogen and oxygen atoms in total. The monoisotopic (exact) mass is 346 g/mol. The molecule has 2 aliphatic heterocycles. The van der Waals surface area contributed by atoms with Crippen molar-refractivity contribution in [2.75, 3.05) is 19.6 Å². The van der Waals surface area contributed by atoms with E-state index in [0.29, 0.717) is 44.5 Å². The molecule has 3 aliphatic rings. The Morgan fingerprint density at radius 1 is 1.16 bits per heavy atom. The largest absolute Gasteiger partial charge is 0.480 e. The van der Waals surface area contributed by atoms with Crippen molar-refractivity contribution in [1.82, 2.24) is 10.2 Å². The molecule has 1 aliphatic carbocycles. The first-order valence-corrected chi connectivity index (χ1v) is 8.96. The van der Waals surface area contributed by atoms with E-state index in [0.717, 1.165) is 12.8 Å². The number of benzene rings is 1. The molecule has 6 heteroatoms. The van der Waals surface area contributed by atoms with Crippen molar-refractivity contribution in [2.45, 2.75) is 43.6 Å². The minimum Gasteiger partial charge on any atom is -0.480 e. The predicted molar refractivity (Wildman–Crippen MR) is 89.6 cm³/mol. The predicted octanol–water partition coefficient (Wildman–Crippen LogP) is 1.91. The van der Waals surface area contributed by atoms with Crippen LogP contribution in [0.1, 0.15) is 37.7 Å². The average Bonchev–Trinajstić information content (AvgIpc) is 3.31. The molecule has 2 heterocycles. The number of nitrogens with one attached hydrogen (secondary N) is 1. The molecule has 4 rings (SSSR count). The Labute approximate surface area is 146 Å². The molecule has 0 unspecified atom stereocenters. The van der Waals surface area contributed by atoms with Crippen LogP contribution in [0.25, 0.3) is 0 Å². The van der Waals surface area contributed by atoms with Gasteiger partial charge in [0.25, 0.3) is 0 Å². The van der Waals surface area contributed by atoms with E-state index in [9.17, 15) is 19.1 Å². The van der Waals surface area contributed by atoms with Gasteiger partial charge < -0.3 is 15.3 Å². The zero-order valence-corrected chi connectivity index (χ0v) is 14.1. The van der Waals surface area contributed by atoms with Gasteiger partial charge in [0.1, 0.15) is 11.9 Å². The van der Waals surface area contributed by atoms with Gasteiger partial charge >= 0.3 is 5.97 Å². The van der Waals surface area contributed by atoms with Crippen LogP contribution in [0.4, 0.5) is 4.39 Å². The number of rotatable bonds is 3. The van der Waals surface area contributed by atoms with Crippen molar-refractivity contribution in [2.24, 2.45) is 5.41 Å². The Bertz CT molecular complexity index is 708. The number of carbonyl (C=O) groups excluding carboxylic acids is 1. The van der Waals surface area contributed by atoms with Crippen molar-refractivity contribution < 1.29 is 19.1 Å². The van der Waals surface area contributed by atoms with E-state index in [1.54, 1.807) is 18.2 Å². The number of carbonyl (C=O) groups is 2. The van der Waals surface area contributed by atoms with Gasteiger partial charge in [-0.25, -0.2) is 4.39 Å². The smallest absolute Gasteiger partial charge is 0.320 e. The summed E-state index contributed by atoms with van der Waals surface area (Å²) in [5.74, 6) is -1.06. The highest BCUT2D eigenvalue weighted by atomic mass is 19.1. The summed E-state index contributed by atoms with van der Waals surface area (Å²) < 4.78 is 14.2. The molecule has 134 valence electrons. The highest BCUT2D eigenvalue weighted by molar-refractivity contribution is 5.91. The third-order valence-electron chi connectivity index (χ3n) is 6.32. The summed E-state index contributed by atoms with van der Waals surface area (Å²) in [6.07, 6.45) is 3.66. The number of nitrogens with zero attached hydrogens (tertiary/aromatic N) is 1. The van der Waals surface area contributed by atoms with Crippen molar-refractivity contribution in [1.29, 1.82) is 0 Å². The number of aliphatic carboxylic acids is 1. The molecule has 3 fully saturated rings. The first kappa shape index (κ1) is 16.5. The van der Waals surface area contributed by atoms with Gasteiger partial charge in [0, 0.05) is 25.2 Å². The fraction of sp³-hybridized carbons (Fsp3) is 0.579. The number of likely N-dealkylation sites (tertiary alicyclic amines) is 1. The molecule has 1 amide bonds. The van der Waals surface area contributed by atoms with Crippen LogP contribution in [0, 0.1) is 11.2 Å². The Hall–Kier alpha value is -1.95. The van der Waals surface area contributed by atoms with E-state index in [1.165, 1.54) is 6.07 Å². The first-order valence-electron chi connectivity index (χ1n) is 8.96. The van der Waals surface area contributed by atoms with E-state index < -0.39 is 17.4 Å². The molecule has 0 radical (unpaired) electrons. The molecular formula is C19H23FN2O3. The van der Waals surface area contributed by atoms with Gasteiger partial charge in [-0.1, -0.05) is 18.2 Å². The highest BCUT2D eigenvalue weighted by Gasteiger charge is 2.55. The van der Waals surface area contributed by atoms with Crippen LogP contribution in [-0.4, -0.2) is 47.6 Å². The molecule has 1 spiro atoms. The summed E-state index contributed by atoms with van der Waals surface area (Å²) in [5.41, 5.74) is -0.171. The standard InChI is InChI=1S/C19H23FN2O3/c20-14-4-2-1-3-13(14)19(5-6-19)17(25)22-9-7-18(8-10-22)11-15(16(23)24)21-12-18/h1-4,15,21H,5-12H2,(H,23,24)/t15-/m1/s1. The quantitative estimate of drug-likeness (QED) is 0.877. The van der Waals surface area contributed by atoms with E-state index in [1.807, 2.05) is 4.90 Å². The lowest BCUT2D eigenvalue weighted by Gasteiger charge is -2.40. The van der Waals surface area contributed by atoms with Gasteiger partial charge in [-0.15, -0.1) is 0 Å². The molecule has 0 bridgehead atoms. The van der Waals surface area contributed by atoms with Gasteiger partial charge in [-0.3, -0.25) is 9.59 Å². The molecular weight excluding hydrogens is 323 g/mol. The van der Waals surface area contributed by atoms with E-state index in [2.05, 4.69) is 5.32 Å². The zero-order chi connectivity index (χ0) is 17.7. The molecule has 25 heavy (non-hydrogen) atoms. The Kier molecular flexibility index (Phi) is 3.83. The fourth-order valence-corrected chi connectivity index (χ4v) is 4.53. The van der Waals surface area contributed by atoms with Crippen molar-refractivity contribution in [3.05, 3.63) is 35.6 Å². The van der Waals surface area contributed by atoms with Crippen LogP contribution < -0.4 is 5.32 Å². The second-order valence-electron chi connectivity index (χ2n) is 7.83. The number of carboxylic acid groups (broad SMARTS) is 1. The van der Waals surface area contributed by atoms with E-state index in [4.69, 9.17) is 0 Å². The van der Waals surface area contributed by atoms with Crippen LogP contribution in [0.15, 0.2) is 24.3 Å². The maximum absolute atomic E-state index is 14.2. The molecule has 0 aromatic heterocycles. The molecule has 2 N–H and O–H groups in total. The van der Waals surface area contributed by atoms with Crippen LogP contribution in [0.2, 0.25) is 0 Å². The average molecular weight is 346 g/mol.